The van der Waals surface area contributed by atoms with E-state index in [1.807, 2.05) is 21.7 Å². The third-order valence-electron chi connectivity index (χ3n) is 21.8. The van der Waals surface area contributed by atoms with Crippen LogP contribution in [0.15, 0.2) is 223 Å². The number of anilines is 8. The van der Waals surface area contributed by atoms with Crippen molar-refractivity contribution in [3.8, 4) is 0 Å². The van der Waals surface area contributed by atoms with Crippen LogP contribution in [-0.2, 0) is 0 Å². The van der Waals surface area contributed by atoms with E-state index in [-0.39, 0.29) is 84.6 Å². The molecule has 15 rings (SSSR count). The fourth-order valence-electron chi connectivity index (χ4n) is 14.7. The minimum atomic E-state index is -0.764. The number of likely N-dealkylation sites (N-methyl/N-ethyl adjacent to an activating group) is 1. The molecule has 2 fully saturated rings. The Morgan fingerprint density at radius 3 is 0.801 bits per heavy atom. The van der Waals surface area contributed by atoms with Crippen molar-refractivity contribution in [3.05, 3.63) is 371 Å². The molecular weight excluding hydrogens is 1910 g/mol. The Morgan fingerprint density at radius 1 is 0.294 bits per heavy atom. The number of amidine groups is 3. The molecule has 0 bridgehead atoms. The topological polar surface area (TPSA) is 326 Å². The Labute approximate surface area is 821 Å². The molecule has 0 saturated carbocycles. The van der Waals surface area contributed by atoms with E-state index in [9.17, 15) is 55.9 Å². The fourth-order valence-corrected chi connectivity index (χ4v) is 16.3. The van der Waals surface area contributed by atoms with Gasteiger partial charge in [-0.25, -0.2) is 17.6 Å². The molecule has 0 atom stereocenters. The predicted molar refractivity (Wildman–Crippen MR) is 536 cm³/mol. The van der Waals surface area contributed by atoms with Crippen LogP contribution in [0.3, 0.4) is 0 Å². The second-order valence-corrected chi connectivity index (χ2v) is 35.2. The molecule has 12 aromatic rings. The number of hydrogen-bond donors (Lipinski definition) is 11. The van der Waals surface area contributed by atoms with E-state index in [2.05, 4.69) is 47.5 Å². The number of likely N-dealkylation sites (tertiary alicyclic amines) is 2. The average molecular weight is 2000 g/mol. The lowest BCUT2D eigenvalue weighted by atomic mass is 10.0. The quantitative estimate of drug-likeness (QED) is 0.0194. The molecule has 8 amide bonds. The van der Waals surface area contributed by atoms with Crippen molar-refractivity contribution in [1.29, 1.82) is 16.2 Å². The van der Waals surface area contributed by atoms with E-state index in [0.717, 1.165) is 70.9 Å². The van der Waals surface area contributed by atoms with Gasteiger partial charge < -0.3 is 62.6 Å². The summed E-state index contributed by atoms with van der Waals surface area (Å²) in [6.45, 7) is 12.8. The molecule has 3 heterocycles. The van der Waals surface area contributed by atoms with E-state index in [0.29, 0.717) is 120 Å². The maximum absolute atomic E-state index is 15.0. The first-order valence-electron chi connectivity index (χ1n) is 42.2. The molecule has 3 aliphatic rings. The van der Waals surface area contributed by atoms with Crippen molar-refractivity contribution in [3.63, 3.8) is 0 Å². The highest BCUT2D eigenvalue weighted by molar-refractivity contribution is 6.35. The summed E-state index contributed by atoms with van der Waals surface area (Å²) in [4.78, 5) is 114. The molecular formula is C101H87Cl8F4N15O8. The van der Waals surface area contributed by atoms with Crippen molar-refractivity contribution < 1.29 is 55.9 Å². The van der Waals surface area contributed by atoms with Crippen LogP contribution in [0.25, 0.3) is 0 Å². The van der Waals surface area contributed by atoms with Gasteiger partial charge in [0.1, 0.15) is 40.8 Å². The number of nitrogens with zero attached hydrogens (tertiary/aromatic N) is 4. The predicted octanol–water partition coefficient (Wildman–Crippen LogP) is 25.1. The maximum atomic E-state index is 15.0. The molecule has 0 unspecified atom stereocenters. The molecule has 0 spiro atoms. The molecule has 11 N–H and O–H groups in total. The van der Waals surface area contributed by atoms with Crippen LogP contribution < -0.4 is 42.5 Å². The van der Waals surface area contributed by atoms with Gasteiger partial charge in [-0.05, 0) is 289 Å². The van der Waals surface area contributed by atoms with Crippen molar-refractivity contribution in [2.45, 2.75) is 66.7 Å². The van der Waals surface area contributed by atoms with Crippen molar-refractivity contribution in [2.75, 3.05) is 88.9 Å². The van der Waals surface area contributed by atoms with E-state index < -0.39 is 70.5 Å². The van der Waals surface area contributed by atoms with Gasteiger partial charge in [0.15, 0.2) is 0 Å². The van der Waals surface area contributed by atoms with Gasteiger partial charge in [-0.3, -0.25) is 54.2 Å². The Balaban J connectivity index is 0.000000163. The summed E-state index contributed by atoms with van der Waals surface area (Å²) >= 11 is 48.2. The summed E-state index contributed by atoms with van der Waals surface area (Å²) < 4.78 is 59.2. The first-order chi connectivity index (χ1) is 64.8. The standard InChI is InChI=1S/C27H25Cl2FN4O2.C26H23Cl2FN4O2.C25H21Cl2FN4O2.C23H18Cl2FN3O2/c1-16-13-19(29)15-22(27(36)32-20-8-6-18(28)7-9-20)24(16)33-26(35)21-10-5-17(14-23(21)30)25(31)34-11-3-2-4-12-34;1-15-12-18(28)14-21(26(35)31-19-7-5-17(27)6-8-19)23(15)32-25(34)20-9-4-16(13-22(20)29)24(30)33-10-2-3-11-33;1-14-11-17(27)13-20(25(34)30-18-6-4-16(26)5-7-18)22(14)31-24(33)19-8-3-15(12-21(19)28)23-29-9-10-32(23)2;1-12-9-16(25)11-19(23(31)28-17-6-4-15(24)5-7-17)21(12)29-22(30)18-8-3-14(13(2)27)10-20(18)26/h5-10,13-15,31H,2-4,11-12H2,1H3,(H,32,36)(H,33,35);4-9,12-14,30H,2-3,10-11H2,1H3,(H,31,35)(H,32,34);3-8,11-13H,9-10H2,1-2H3,(H,30,34)(H,31,33);3-11,27H,1-2H3,(H,28,31)(H,29,30). The lowest BCUT2D eigenvalue weighted by Crippen LogP contribution is -2.35. The lowest BCUT2D eigenvalue weighted by molar-refractivity contribution is 0.100. The molecule has 0 aliphatic carbocycles. The third kappa shape index (κ3) is 26.4. The summed E-state index contributed by atoms with van der Waals surface area (Å²) in [5, 5.41) is 49.2. The Hall–Kier alpha value is -13.5. The first-order valence-corrected chi connectivity index (χ1v) is 45.3. The van der Waals surface area contributed by atoms with Gasteiger partial charge in [-0.2, -0.15) is 0 Å². The van der Waals surface area contributed by atoms with Gasteiger partial charge in [-0.15, -0.1) is 0 Å². The van der Waals surface area contributed by atoms with Crippen LogP contribution in [0.4, 0.5) is 63.1 Å². The molecule has 0 aromatic heterocycles. The van der Waals surface area contributed by atoms with Crippen molar-refractivity contribution in [2.24, 2.45) is 4.99 Å². The number of rotatable bonds is 20. The second-order valence-electron chi connectivity index (χ2n) is 31.7. The molecule has 0 radical (unpaired) electrons. The zero-order valence-electron chi connectivity index (χ0n) is 73.7. The van der Waals surface area contributed by atoms with E-state index in [1.54, 1.807) is 167 Å². The minimum absolute atomic E-state index is 0.126. The summed E-state index contributed by atoms with van der Waals surface area (Å²) in [6, 6.07) is 54.9. The highest BCUT2D eigenvalue weighted by Gasteiger charge is 2.29. The molecule has 12 aromatic carbocycles. The summed E-state index contributed by atoms with van der Waals surface area (Å²) in [5.74, 6) is -6.59. The highest BCUT2D eigenvalue weighted by Crippen LogP contribution is 2.35. The summed E-state index contributed by atoms with van der Waals surface area (Å²) in [5.41, 5.74) is 6.89. The van der Waals surface area contributed by atoms with Crippen LogP contribution in [-0.4, -0.2) is 131 Å². The molecule has 698 valence electrons. The molecule has 3 aliphatic heterocycles. The number of halogens is 12. The molecule has 35 heteroatoms. The van der Waals surface area contributed by atoms with E-state index in [4.69, 9.17) is 109 Å². The molecule has 2 saturated heterocycles. The highest BCUT2D eigenvalue weighted by atomic mass is 35.5. The first kappa shape index (κ1) is 101. The second kappa shape index (κ2) is 46.2. The number of carbonyl (C=O) groups is 8. The van der Waals surface area contributed by atoms with Crippen molar-refractivity contribution in [1.82, 2.24) is 14.7 Å². The number of aliphatic imine (C=N–C) groups is 1. The zero-order valence-corrected chi connectivity index (χ0v) is 79.7. The minimum Gasteiger partial charge on any atom is -0.358 e. The smallest absolute Gasteiger partial charge is 0.258 e. The maximum Gasteiger partial charge on any atom is 0.258 e. The number of benzene rings is 12. The number of piperidine rings is 1. The van der Waals surface area contributed by atoms with Crippen LogP contribution in [0.5, 0.6) is 0 Å². The SMILES string of the molecule is CC(=N)c1ccc(C(=O)Nc2c(C)cc(Cl)cc2C(=O)Nc2ccc(Cl)cc2)c(F)c1.Cc1cc(Cl)cc(C(=O)Nc2ccc(Cl)cc2)c1NC(=O)c1ccc(C(=N)N2CCCC2)cc1F.Cc1cc(Cl)cc(C(=O)Nc2ccc(Cl)cc2)c1NC(=O)c1ccc(C(=N)N2CCCCC2)cc1F.Cc1cc(Cl)cc(C(=O)Nc2ccc(Cl)cc2)c1NC(=O)c1ccc(C2=NCCN2C)cc1F. The van der Waals surface area contributed by atoms with Gasteiger partial charge in [-0.1, -0.05) is 117 Å². The fraction of sp³-hybridized carbons (Fsp3) is 0.168. The molecule has 23 nitrogen and oxygen atoms in total. The van der Waals surface area contributed by atoms with Crippen molar-refractivity contribution >= 4 is 209 Å². The average Bonchev–Trinajstić information content (AvgIpc) is 1.21. The van der Waals surface area contributed by atoms with Crippen LogP contribution in [0.1, 0.15) is 166 Å². The van der Waals surface area contributed by atoms with E-state index in [1.165, 1.54) is 79.7 Å². The number of amides is 8. The Kier molecular flexibility index (Phi) is 34.5. The number of aryl methyl sites for hydroxylation is 4. The Bertz CT molecular complexity index is 6730. The van der Waals surface area contributed by atoms with Crippen LogP contribution >= 0.6 is 92.8 Å². The third-order valence-corrected chi connectivity index (χ3v) is 23.7. The van der Waals surface area contributed by atoms with Crippen LogP contribution in [0.2, 0.25) is 40.2 Å². The zero-order chi connectivity index (χ0) is 98.0. The lowest BCUT2D eigenvalue weighted by Gasteiger charge is -2.29. The number of hydrogen-bond acceptors (Lipinski definition) is 13. The normalized spacial score (nSPS) is 12.5. The summed E-state index contributed by atoms with van der Waals surface area (Å²) in [7, 11) is 1.88. The summed E-state index contributed by atoms with van der Waals surface area (Å²) in [6.07, 6.45) is 5.12. The number of carbonyl (C=O) groups excluding carboxylic acids is 8. The van der Waals surface area contributed by atoms with Gasteiger partial charge in [0.2, 0.25) is 0 Å². The largest absolute Gasteiger partial charge is 0.358 e. The monoisotopic (exact) mass is 1990 g/mol. The van der Waals surface area contributed by atoms with Gasteiger partial charge in [0.05, 0.1) is 73.8 Å². The number of nitrogens with one attached hydrogen (secondary N) is 11. The van der Waals surface area contributed by atoms with Gasteiger partial charge >= 0.3 is 0 Å². The Morgan fingerprint density at radius 2 is 0.544 bits per heavy atom. The van der Waals surface area contributed by atoms with Gasteiger partial charge in [0, 0.05) is 125 Å². The van der Waals surface area contributed by atoms with Crippen LogP contribution in [0, 0.1) is 67.2 Å². The molecule has 136 heavy (non-hydrogen) atoms. The van der Waals surface area contributed by atoms with E-state index >= 15 is 0 Å². The van der Waals surface area contributed by atoms with Gasteiger partial charge in [0.25, 0.3) is 47.3 Å².